The van der Waals surface area contributed by atoms with E-state index in [1.54, 1.807) is 0 Å². The molecule has 2 aromatic rings. The summed E-state index contributed by atoms with van der Waals surface area (Å²) in [6.07, 6.45) is 3.52. The average Bonchev–Trinajstić information content (AvgIpc) is 2.58. The van der Waals surface area contributed by atoms with Gasteiger partial charge in [-0.3, -0.25) is 4.79 Å². The van der Waals surface area contributed by atoms with Crippen LogP contribution in [0.5, 0.6) is 6.01 Å². The summed E-state index contributed by atoms with van der Waals surface area (Å²) in [5.41, 5.74) is 0.698. The highest BCUT2D eigenvalue weighted by atomic mass is 19.1. The number of amides is 1. The van der Waals surface area contributed by atoms with Crippen LogP contribution in [0.15, 0.2) is 42.7 Å². The minimum Gasteiger partial charge on any atom is -0.460 e. The Morgan fingerprint density at radius 3 is 2.41 bits per heavy atom. The Morgan fingerprint density at radius 1 is 1.14 bits per heavy atom. The molecule has 22 heavy (non-hydrogen) atoms. The van der Waals surface area contributed by atoms with E-state index in [0.29, 0.717) is 31.5 Å². The minimum atomic E-state index is -0.490. The predicted molar refractivity (Wildman–Crippen MR) is 78.0 cm³/mol. The van der Waals surface area contributed by atoms with E-state index in [2.05, 4.69) is 9.97 Å². The molecule has 114 valence electrons. The van der Waals surface area contributed by atoms with Crippen LogP contribution in [-0.2, 0) is 0 Å². The maximum absolute atomic E-state index is 12.7. The van der Waals surface area contributed by atoms with E-state index in [1.165, 1.54) is 0 Å². The molecule has 0 aliphatic carbocycles. The van der Waals surface area contributed by atoms with Crippen molar-refractivity contribution in [2.24, 2.45) is 0 Å². The number of nitrogens with zero attached hydrogens (tertiary/aromatic N) is 3. The first kappa shape index (κ1) is 14.4. The first-order chi connectivity index (χ1) is 10.7. The Labute approximate surface area is 127 Å². The van der Waals surface area contributed by atoms with E-state index in [9.17, 15) is 9.18 Å². The third-order valence-electron chi connectivity index (χ3n) is 3.62. The summed E-state index contributed by atoms with van der Waals surface area (Å²) in [5, 5.41) is 0. The molecule has 1 aliphatic rings. The molecule has 2 heterocycles. The molecule has 3 rings (SSSR count). The van der Waals surface area contributed by atoms with Gasteiger partial charge in [0.2, 0.25) is 0 Å². The van der Waals surface area contributed by atoms with Crippen LogP contribution in [0.25, 0.3) is 0 Å². The minimum absolute atomic E-state index is 0.0390. The zero-order valence-corrected chi connectivity index (χ0v) is 12.0. The van der Waals surface area contributed by atoms with Crippen molar-refractivity contribution >= 4 is 5.91 Å². The summed E-state index contributed by atoms with van der Waals surface area (Å²) in [4.78, 5) is 21.7. The maximum Gasteiger partial charge on any atom is 0.316 e. The normalized spacial score (nSPS) is 15.6. The molecule has 0 atom stereocenters. The number of ether oxygens (including phenoxy) is 1. The van der Waals surface area contributed by atoms with Crippen molar-refractivity contribution < 1.29 is 13.9 Å². The van der Waals surface area contributed by atoms with Crippen molar-refractivity contribution in [3.05, 3.63) is 54.1 Å². The molecule has 0 bridgehead atoms. The molecule has 0 unspecified atom stereocenters. The van der Waals surface area contributed by atoms with Crippen LogP contribution >= 0.6 is 0 Å². The maximum atomic E-state index is 12.7. The monoisotopic (exact) mass is 301 g/mol. The van der Waals surface area contributed by atoms with Gasteiger partial charge >= 0.3 is 6.01 Å². The third kappa shape index (κ3) is 3.39. The summed E-state index contributed by atoms with van der Waals surface area (Å²) in [6.45, 7) is 1.25. The molecular weight excluding hydrogens is 285 g/mol. The summed E-state index contributed by atoms with van der Waals surface area (Å²) in [6, 6.07) is 9.41. The molecule has 0 saturated carbocycles. The highest BCUT2D eigenvalue weighted by Crippen LogP contribution is 2.17. The number of rotatable bonds is 3. The van der Waals surface area contributed by atoms with E-state index in [4.69, 9.17) is 4.74 Å². The van der Waals surface area contributed by atoms with E-state index in [-0.39, 0.29) is 18.0 Å². The molecule has 1 saturated heterocycles. The molecule has 1 amide bonds. The number of halogens is 1. The Bertz CT molecular complexity index is 626. The van der Waals surface area contributed by atoms with Gasteiger partial charge in [0.25, 0.3) is 5.91 Å². The lowest BCUT2D eigenvalue weighted by atomic mass is 10.1. The van der Waals surface area contributed by atoms with E-state index >= 15 is 0 Å². The van der Waals surface area contributed by atoms with Gasteiger partial charge in [0.1, 0.15) is 6.10 Å². The SMILES string of the molecule is O=C(c1ccccc1)N1CCC(Oc2ncc(F)cn2)CC1. The molecule has 0 spiro atoms. The van der Waals surface area contributed by atoms with Crippen LogP contribution in [0.3, 0.4) is 0 Å². The Hall–Kier alpha value is -2.50. The zero-order valence-electron chi connectivity index (χ0n) is 12.0. The molecular formula is C16H16FN3O2. The number of likely N-dealkylation sites (tertiary alicyclic amines) is 1. The van der Waals surface area contributed by atoms with Crippen LogP contribution in [-0.4, -0.2) is 40.0 Å². The quantitative estimate of drug-likeness (QED) is 0.873. The average molecular weight is 301 g/mol. The van der Waals surface area contributed by atoms with Crippen molar-refractivity contribution in [1.82, 2.24) is 14.9 Å². The van der Waals surface area contributed by atoms with E-state index in [0.717, 1.165) is 12.4 Å². The number of hydrogen-bond donors (Lipinski definition) is 0. The second-order valence-electron chi connectivity index (χ2n) is 5.16. The van der Waals surface area contributed by atoms with Crippen LogP contribution in [0.4, 0.5) is 4.39 Å². The fourth-order valence-corrected chi connectivity index (χ4v) is 2.45. The van der Waals surface area contributed by atoms with Crippen molar-refractivity contribution in [3.63, 3.8) is 0 Å². The molecule has 5 nitrogen and oxygen atoms in total. The molecule has 1 aromatic carbocycles. The van der Waals surface area contributed by atoms with Crippen LogP contribution in [0, 0.1) is 5.82 Å². The Kier molecular flexibility index (Phi) is 4.27. The van der Waals surface area contributed by atoms with Gasteiger partial charge in [0.05, 0.1) is 12.4 Å². The third-order valence-corrected chi connectivity index (χ3v) is 3.62. The predicted octanol–water partition coefficient (Wildman–Crippen LogP) is 2.30. The largest absolute Gasteiger partial charge is 0.460 e. The van der Waals surface area contributed by atoms with Gasteiger partial charge < -0.3 is 9.64 Å². The molecule has 1 fully saturated rings. The van der Waals surface area contributed by atoms with Crippen molar-refractivity contribution in [1.29, 1.82) is 0 Å². The van der Waals surface area contributed by atoms with E-state index < -0.39 is 5.82 Å². The van der Waals surface area contributed by atoms with Gasteiger partial charge in [-0.2, -0.15) is 0 Å². The number of benzene rings is 1. The lowest BCUT2D eigenvalue weighted by Gasteiger charge is -2.31. The second-order valence-corrected chi connectivity index (χ2v) is 5.16. The number of aromatic nitrogens is 2. The molecule has 1 aliphatic heterocycles. The smallest absolute Gasteiger partial charge is 0.316 e. The van der Waals surface area contributed by atoms with Gasteiger partial charge in [-0.15, -0.1) is 0 Å². The summed E-state index contributed by atoms with van der Waals surface area (Å²) in [7, 11) is 0. The first-order valence-corrected chi connectivity index (χ1v) is 7.21. The fourth-order valence-electron chi connectivity index (χ4n) is 2.45. The molecule has 1 aromatic heterocycles. The summed E-state index contributed by atoms with van der Waals surface area (Å²) < 4.78 is 18.4. The van der Waals surface area contributed by atoms with Crippen LogP contribution < -0.4 is 4.74 Å². The van der Waals surface area contributed by atoms with Gasteiger partial charge in [-0.1, -0.05) is 18.2 Å². The number of carbonyl (C=O) groups excluding carboxylic acids is 1. The van der Waals surface area contributed by atoms with Crippen LogP contribution in [0.2, 0.25) is 0 Å². The second kappa shape index (κ2) is 6.51. The number of hydrogen-bond acceptors (Lipinski definition) is 4. The number of piperidine rings is 1. The first-order valence-electron chi connectivity index (χ1n) is 7.21. The summed E-state index contributed by atoms with van der Waals surface area (Å²) in [5.74, 6) is -0.451. The lowest BCUT2D eigenvalue weighted by molar-refractivity contribution is 0.0578. The molecule has 6 heteroatoms. The summed E-state index contributed by atoms with van der Waals surface area (Å²) >= 11 is 0. The highest BCUT2D eigenvalue weighted by molar-refractivity contribution is 5.94. The Morgan fingerprint density at radius 2 is 1.77 bits per heavy atom. The standard InChI is InChI=1S/C16H16FN3O2/c17-13-10-18-16(19-11-13)22-14-6-8-20(9-7-14)15(21)12-4-2-1-3-5-12/h1-5,10-11,14H,6-9H2. The fraction of sp³-hybridized carbons (Fsp3) is 0.312. The van der Waals surface area contributed by atoms with Crippen molar-refractivity contribution in [2.75, 3.05) is 13.1 Å². The van der Waals surface area contributed by atoms with Gasteiger partial charge in [0.15, 0.2) is 5.82 Å². The molecule has 0 N–H and O–H groups in total. The van der Waals surface area contributed by atoms with Crippen molar-refractivity contribution in [3.8, 4) is 6.01 Å². The number of carbonyl (C=O) groups is 1. The van der Waals surface area contributed by atoms with E-state index in [1.807, 2.05) is 35.2 Å². The topological polar surface area (TPSA) is 55.3 Å². The highest BCUT2D eigenvalue weighted by Gasteiger charge is 2.25. The lowest BCUT2D eigenvalue weighted by Crippen LogP contribution is -2.41. The Balaban J connectivity index is 1.54. The van der Waals surface area contributed by atoms with Gasteiger partial charge in [-0.05, 0) is 12.1 Å². The van der Waals surface area contributed by atoms with Gasteiger partial charge in [-0.25, -0.2) is 14.4 Å². The van der Waals surface area contributed by atoms with Crippen LogP contribution in [0.1, 0.15) is 23.2 Å². The van der Waals surface area contributed by atoms with Gasteiger partial charge in [0, 0.05) is 31.5 Å². The molecule has 0 radical (unpaired) electrons. The van der Waals surface area contributed by atoms with Crippen molar-refractivity contribution in [2.45, 2.75) is 18.9 Å². The zero-order chi connectivity index (χ0) is 15.4.